The van der Waals surface area contributed by atoms with Crippen LogP contribution in [0.25, 0.3) is 27.9 Å². The minimum absolute atomic E-state index is 0.110. The van der Waals surface area contributed by atoms with Crippen molar-refractivity contribution in [2.45, 2.75) is 0 Å². The summed E-state index contributed by atoms with van der Waals surface area (Å²) < 4.78 is 1.10. The summed E-state index contributed by atoms with van der Waals surface area (Å²) >= 11 is 0. The Morgan fingerprint density at radius 1 is 0.917 bits per heavy atom. The van der Waals surface area contributed by atoms with E-state index in [1.54, 1.807) is 36.4 Å². The number of hydrogen-bond donors (Lipinski definition) is 2. The summed E-state index contributed by atoms with van der Waals surface area (Å²) in [5.74, 6) is -0.446. The highest BCUT2D eigenvalue weighted by Crippen LogP contribution is 2.25. The summed E-state index contributed by atoms with van der Waals surface area (Å²) in [5.41, 5.74) is -1.31. The standard InChI is InChI=1S/C16H10N4O4/c21-12-8-4-2-6-10(12)13-18-19-14(16(23)20(13)24)17-11-7-3-1-5-9(11)15(19)22/h1-8,21,24H. The molecule has 0 bridgehead atoms. The maximum absolute atomic E-state index is 12.6. The lowest BCUT2D eigenvalue weighted by Gasteiger charge is -2.09. The lowest BCUT2D eigenvalue weighted by Crippen LogP contribution is -2.31. The molecule has 0 fully saturated rings. The maximum atomic E-state index is 12.6. The molecule has 0 aliphatic heterocycles. The van der Waals surface area contributed by atoms with E-state index in [-0.39, 0.29) is 27.5 Å². The van der Waals surface area contributed by atoms with Crippen LogP contribution in [0.3, 0.4) is 0 Å². The number of rotatable bonds is 1. The molecule has 2 aromatic carbocycles. The van der Waals surface area contributed by atoms with Gasteiger partial charge in [0, 0.05) is 0 Å². The molecule has 8 heteroatoms. The molecule has 0 aliphatic carbocycles. The zero-order chi connectivity index (χ0) is 16.8. The van der Waals surface area contributed by atoms with Crippen LogP contribution in [0, 0.1) is 0 Å². The van der Waals surface area contributed by atoms with E-state index < -0.39 is 11.1 Å². The van der Waals surface area contributed by atoms with Gasteiger partial charge in [-0.15, -0.1) is 9.83 Å². The molecular weight excluding hydrogens is 312 g/mol. The fraction of sp³-hybridized carbons (Fsp3) is 0. The molecule has 24 heavy (non-hydrogen) atoms. The van der Waals surface area contributed by atoms with E-state index in [4.69, 9.17) is 0 Å². The first kappa shape index (κ1) is 13.9. The van der Waals surface area contributed by atoms with Gasteiger partial charge in [0.2, 0.25) is 11.5 Å². The number of phenols is 1. The Bertz CT molecular complexity index is 1230. The number of phenolic OH excluding ortho intramolecular Hbond substituents is 1. The highest BCUT2D eigenvalue weighted by molar-refractivity contribution is 5.79. The van der Waals surface area contributed by atoms with Crippen molar-refractivity contribution in [3.63, 3.8) is 0 Å². The van der Waals surface area contributed by atoms with E-state index in [9.17, 15) is 19.9 Å². The number of para-hydroxylation sites is 2. The van der Waals surface area contributed by atoms with Gasteiger partial charge >= 0.3 is 5.56 Å². The summed E-state index contributed by atoms with van der Waals surface area (Å²) in [5, 5.41) is 24.3. The van der Waals surface area contributed by atoms with Gasteiger partial charge in [0.15, 0.2) is 0 Å². The number of aromatic hydroxyl groups is 1. The maximum Gasteiger partial charge on any atom is 0.330 e. The monoisotopic (exact) mass is 322 g/mol. The predicted molar refractivity (Wildman–Crippen MR) is 85.3 cm³/mol. The van der Waals surface area contributed by atoms with Gasteiger partial charge in [-0.2, -0.15) is 4.52 Å². The number of fused-ring (bicyclic) bond motifs is 2. The van der Waals surface area contributed by atoms with Crippen molar-refractivity contribution in [3.8, 4) is 17.1 Å². The number of aromatic nitrogens is 4. The highest BCUT2D eigenvalue weighted by atomic mass is 16.5. The predicted octanol–water partition coefficient (Wildman–Crippen LogP) is 1.01. The van der Waals surface area contributed by atoms with Gasteiger partial charge in [-0.3, -0.25) is 9.59 Å². The minimum atomic E-state index is -0.911. The van der Waals surface area contributed by atoms with Crippen LogP contribution >= 0.6 is 0 Å². The van der Waals surface area contributed by atoms with Gasteiger partial charge in [-0.25, -0.2) is 4.98 Å². The molecule has 0 radical (unpaired) electrons. The SMILES string of the molecule is O=c1c2nc3ccccc3c(=O)n2nc(-c2ccccc2O)n1O. The van der Waals surface area contributed by atoms with Crippen LogP contribution < -0.4 is 11.1 Å². The molecule has 4 aromatic rings. The first-order chi connectivity index (χ1) is 11.6. The van der Waals surface area contributed by atoms with Crippen LogP contribution in [0.4, 0.5) is 0 Å². The third-order valence-corrected chi connectivity index (χ3v) is 3.68. The van der Waals surface area contributed by atoms with E-state index in [0.717, 1.165) is 4.52 Å². The average molecular weight is 322 g/mol. The Hall–Kier alpha value is -3.68. The summed E-state index contributed by atoms with van der Waals surface area (Å²) in [6.07, 6.45) is 0. The van der Waals surface area contributed by atoms with E-state index in [1.165, 1.54) is 12.1 Å². The first-order valence-corrected chi connectivity index (χ1v) is 7.00. The molecule has 0 saturated carbocycles. The summed E-state index contributed by atoms with van der Waals surface area (Å²) in [4.78, 5) is 29.1. The van der Waals surface area contributed by atoms with E-state index in [1.807, 2.05) is 0 Å². The smallest absolute Gasteiger partial charge is 0.330 e. The third-order valence-electron chi connectivity index (χ3n) is 3.68. The molecule has 4 rings (SSSR count). The molecule has 118 valence electrons. The summed E-state index contributed by atoms with van der Waals surface area (Å²) in [7, 11) is 0. The molecule has 0 spiro atoms. The highest BCUT2D eigenvalue weighted by Gasteiger charge is 2.18. The van der Waals surface area contributed by atoms with Crippen LogP contribution in [0.5, 0.6) is 5.75 Å². The topological polar surface area (TPSA) is 110 Å². The molecule has 2 N–H and O–H groups in total. The second-order valence-electron chi connectivity index (χ2n) is 5.13. The number of benzene rings is 2. The van der Waals surface area contributed by atoms with Gasteiger partial charge in [-0.05, 0) is 24.3 Å². The lowest BCUT2D eigenvalue weighted by atomic mass is 10.2. The van der Waals surface area contributed by atoms with E-state index in [2.05, 4.69) is 10.1 Å². The molecular formula is C16H10N4O4. The molecule has 0 amide bonds. The van der Waals surface area contributed by atoms with Gasteiger partial charge < -0.3 is 10.3 Å². The quantitative estimate of drug-likeness (QED) is 0.400. The van der Waals surface area contributed by atoms with Crippen molar-refractivity contribution in [1.82, 2.24) is 19.3 Å². The minimum Gasteiger partial charge on any atom is -0.507 e. The Morgan fingerprint density at radius 2 is 1.62 bits per heavy atom. The van der Waals surface area contributed by atoms with Crippen molar-refractivity contribution in [2.75, 3.05) is 0 Å². The third kappa shape index (κ3) is 1.86. The zero-order valence-electron chi connectivity index (χ0n) is 12.1. The van der Waals surface area contributed by atoms with Crippen LogP contribution in [-0.4, -0.2) is 29.6 Å². The Kier molecular flexibility index (Phi) is 2.86. The fourth-order valence-corrected chi connectivity index (χ4v) is 2.51. The van der Waals surface area contributed by atoms with Crippen molar-refractivity contribution in [3.05, 3.63) is 69.2 Å². The van der Waals surface area contributed by atoms with Gasteiger partial charge in [0.05, 0.1) is 16.5 Å². The van der Waals surface area contributed by atoms with E-state index in [0.29, 0.717) is 10.9 Å². The van der Waals surface area contributed by atoms with E-state index >= 15 is 0 Å². The molecule has 0 aliphatic rings. The van der Waals surface area contributed by atoms with Crippen LogP contribution in [0.15, 0.2) is 58.1 Å². The molecule has 0 unspecified atom stereocenters. The molecule has 8 nitrogen and oxygen atoms in total. The van der Waals surface area contributed by atoms with Crippen LogP contribution in [0.1, 0.15) is 0 Å². The summed E-state index contributed by atoms with van der Waals surface area (Å²) in [6, 6.07) is 12.6. The Morgan fingerprint density at radius 3 is 2.42 bits per heavy atom. The Labute approximate surface area is 133 Å². The molecule has 2 aromatic heterocycles. The van der Waals surface area contributed by atoms with Gasteiger partial charge in [-0.1, -0.05) is 24.3 Å². The van der Waals surface area contributed by atoms with Gasteiger partial charge in [0.1, 0.15) is 5.75 Å². The second kappa shape index (κ2) is 4.92. The second-order valence-corrected chi connectivity index (χ2v) is 5.13. The van der Waals surface area contributed by atoms with Crippen LogP contribution in [0.2, 0.25) is 0 Å². The molecule has 2 heterocycles. The molecule has 0 saturated heterocycles. The normalized spacial score (nSPS) is 11.2. The zero-order valence-corrected chi connectivity index (χ0v) is 12.1. The number of hydrogen-bond acceptors (Lipinski definition) is 6. The number of nitrogens with zero attached hydrogens (tertiary/aromatic N) is 4. The Balaban J connectivity index is 2.20. The average Bonchev–Trinajstić information content (AvgIpc) is 2.60. The lowest BCUT2D eigenvalue weighted by molar-refractivity contribution is 0.175. The first-order valence-electron chi connectivity index (χ1n) is 7.00. The van der Waals surface area contributed by atoms with Crippen LogP contribution in [-0.2, 0) is 0 Å². The van der Waals surface area contributed by atoms with Crippen molar-refractivity contribution in [1.29, 1.82) is 0 Å². The largest absolute Gasteiger partial charge is 0.507 e. The summed E-state index contributed by atoms with van der Waals surface area (Å²) in [6.45, 7) is 0. The van der Waals surface area contributed by atoms with Gasteiger partial charge in [0.25, 0.3) is 5.56 Å². The van der Waals surface area contributed by atoms with Crippen molar-refractivity contribution >= 4 is 16.6 Å². The van der Waals surface area contributed by atoms with Crippen molar-refractivity contribution in [2.24, 2.45) is 0 Å². The fourth-order valence-electron chi connectivity index (χ4n) is 2.51. The van der Waals surface area contributed by atoms with Crippen molar-refractivity contribution < 1.29 is 10.3 Å². The molecule has 0 atom stereocenters.